The molecule has 0 saturated heterocycles. The van der Waals surface area contributed by atoms with Gasteiger partial charge in [-0.3, -0.25) is 5.10 Å². The topological polar surface area (TPSA) is 135 Å². The average Bonchev–Trinajstić information content (AvgIpc) is 3.26. The van der Waals surface area contributed by atoms with E-state index in [1.165, 1.54) is 18.8 Å². The van der Waals surface area contributed by atoms with Gasteiger partial charge in [0.05, 0.1) is 35.9 Å². The number of nitriles is 1. The molecule has 170 valence electrons. The quantitative estimate of drug-likeness (QED) is 0.495. The molecule has 2 fully saturated rings. The Kier molecular flexibility index (Phi) is 6.09. The number of ether oxygens (including phenoxy) is 2. The molecule has 2 aliphatic carbocycles. The summed E-state index contributed by atoms with van der Waals surface area (Å²) >= 11 is 0. The van der Waals surface area contributed by atoms with Crippen LogP contribution in [0.25, 0.3) is 11.3 Å². The molecule has 0 aliphatic heterocycles. The summed E-state index contributed by atoms with van der Waals surface area (Å²) in [6, 6.07) is 10.1. The fourth-order valence-corrected chi connectivity index (χ4v) is 4.12. The number of nitrogens with two attached hydrogens (primary N) is 1. The summed E-state index contributed by atoms with van der Waals surface area (Å²) in [5, 5.41) is 19.5. The Bertz CT molecular complexity index is 1130. The zero-order valence-corrected chi connectivity index (χ0v) is 18.3. The van der Waals surface area contributed by atoms with Crippen molar-refractivity contribution in [3.05, 3.63) is 42.4 Å². The van der Waals surface area contributed by atoms with Crippen LogP contribution in [-0.2, 0) is 0 Å². The predicted molar refractivity (Wildman–Crippen MR) is 123 cm³/mol. The maximum atomic E-state index is 8.89. The first-order chi connectivity index (χ1) is 16.2. The molecule has 1 aromatic carbocycles. The van der Waals surface area contributed by atoms with E-state index in [9.17, 15) is 0 Å². The van der Waals surface area contributed by atoms with Gasteiger partial charge >= 0.3 is 0 Å². The van der Waals surface area contributed by atoms with Crippen LogP contribution in [0.3, 0.4) is 0 Å². The number of benzene rings is 1. The van der Waals surface area contributed by atoms with Gasteiger partial charge in [-0.15, -0.1) is 0 Å². The summed E-state index contributed by atoms with van der Waals surface area (Å²) in [5.41, 5.74) is 7.99. The zero-order valence-electron chi connectivity index (χ0n) is 18.3. The van der Waals surface area contributed by atoms with Gasteiger partial charge in [-0.2, -0.15) is 10.4 Å². The van der Waals surface area contributed by atoms with Crippen molar-refractivity contribution in [3.8, 4) is 28.8 Å². The summed E-state index contributed by atoms with van der Waals surface area (Å²) in [4.78, 5) is 8.23. The van der Waals surface area contributed by atoms with Crippen molar-refractivity contribution in [2.75, 3.05) is 5.32 Å². The molecule has 2 heterocycles. The summed E-state index contributed by atoms with van der Waals surface area (Å²) in [5.74, 6) is 2.65. The van der Waals surface area contributed by atoms with E-state index in [1.54, 1.807) is 0 Å². The summed E-state index contributed by atoms with van der Waals surface area (Å²) in [7, 11) is 0. The van der Waals surface area contributed by atoms with Crippen LogP contribution in [-0.4, -0.2) is 38.4 Å². The second-order valence-electron chi connectivity index (χ2n) is 8.65. The molecule has 2 aliphatic rings. The lowest BCUT2D eigenvalue weighted by Crippen LogP contribution is -2.31. The van der Waals surface area contributed by atoms with E-state index in [-0.39, 0.29) is 23.9 Å². The number of hydrogen-bond acceptors (Lipinski definition) is 8. The maximum Gasteiger partial charge on any atom is 0.158 e. The number of aromatic amines is 1. The van der Waals surface area contributed by atoms with Crippen molar-refractivity contribution in [3.63, 3.8) is 0 Å². The van der Waals surface area contributed by atoms with Crippen LogP contribution in [0.2, 0.25) is 0 Å². The average molecular weight is 446 g/mol. The van der Waals surface area contributed by atoms with E-state index in [2.05, 4.69) is 25.5 Å². The van der Waals surface area contributed by atoms with Gasteiger partial charge in [0.2, 0.25) is 0 Å². The maximum absolute atomic E-state index is 8.89. The van der Waals surface area contributed by atoms with Gasteiger partial charge < -0.3 is 20.5 Å². The molecule has 0 amide bonds. The fraction of sp³-hybridized carbons (Fsp3) is 0.417. The minimum absolute atomic E-state index is 0.136. The van der Waals surface area contributed by atoms with E-state index in [0.29, 0.717) is 11.6 Å². The standard InChI is InChI=1S/C24H27N7O2/c25-12-16-13-28-23(14-27-16)29-22-11-19(30-31-22)24-20(32-17-3-1-4-17)5-2-6-21(24)33-18-9-7-15(26)8-10-18/h2,5-6,11,13-15,17-18H,1,3-4,7-10,26H2,(H2,28,29,30,31). The van der Waals surface area contributed by atoms with Gasteiger partial charge in [0.1, 0.15) is 23.4 Å². The lowest BCUT2D eigenvalue weighted by molar-refractivity contribution is 0.119. The molecule has 33 heavy (non-hydrogen) atoms. The molecule has 0 spiro atoms. The summed E-state index contributed by atoms with van der Waals surface area (Å²) in [6.07, 6.45) is 10.5. The Labute approximate surface area is 192 Å². The van der Waals surface area contributed by atoms with Crippen molar-refractivity contribution < 1.29 is 9.47 Å². The number of nitrogens with one attached hydrogen (secondary N) is 2. The molecule has 0 radical (unpaired) electrons. The van der Waals surface area contributed by atoms with Crippen LogP contribution in [0, 0.1) is 11.3 Å². The van der Waals surface area contributed by atoms with Crippen LogP contribution in [0.15, 0.2) is 36.7 Å². The van der Waals surface area contributed by atoms with Gasteiger partial charge in [0.25, 0.3) is 0 Å². The Morgan fingerprint density at radius 1 is 0.970 bits per heavy atom. The normalized spacial score (nSPS) is 20.5. The molecule has 3 aromatic rings. The Morgan fingerprint density at radius 2 is 1.70 bits per heavy atom. The molecule has 5 rings (SSSR count). The van der Waals surface area contributed by atoms with Gasteiger partial charge in [-0.05, 0) is 57.1 Å². The number of nitrogens with zero attached hydrogens (tertiary/aromatic N) is 4. The molecule has 0 atom stereocenters. The lowest BCUT2D eigenvalue weighted by Gasteiger charge is -2.30. The molecule has 0 bridgehead atoms. The van der Waals surface area contributed by atoms with Crippen molar-refractivity contribution in [1.29, 1.82) is 5.26 Å². The van der Waals surface area contributed by atoms with E-state index in [0.717, 1.165) is 61.3 Å². The van der Waals surface area contributed by atoms with E-state index in [4.69, 9.17) is 20.5 Å². The highest BCUT2D eigenvalue weighted by molar-refractivity contribution is 5.76. The summed E-state index contributed by atoms with van der Waals surface area (Å²) < 4.78 is 12.8. The number of rotatable bonds is 7. The molecule has 0 unspecified atom stereocenters. The molecule has 9 heteroatoms. The largest absolute Gasteiger partial charge is 0.490 e. The van der Waals surface area contributed by atoms with Gasteiger partial charge in [-0.1, -0.05) is 6.07 Å². The van der Waals surface area contributed by atoms with Crippen LogP contribution in [0.5, 0.6) is 11.5 Å². The van der Waals surface area contributed by atoms with Crippen LogP contribution in [0.4, 0.5) is 11.6 Å². The van der Waals surface area contributed by atoms with E-state index in [1.807, 2.05) is 30.3 Å². The molecule has 9 nitrogen and oxygen atoms in total. The third-order valence-corrected chi connectivity index (χ3v) is 6.22. The smallest absolute Gasteiger partial charge is 0.158 e. The Morgan fingerprint density at radius 3 is 2.30 bits per heavy atom. The fourth-order valence-electron chi connectivity index (χ4n) is 4.12. The molecular formula is C24H27N7O2. The third-order valence-electron chi connectivity index (χ3n) is 6.22. The minimum atomic E-state index is 0.136. The predicted octanol–water partition coefficient (Wildman–Crippen LogP) is 4.06. The summed E-state index contributed by atoms with van der Waals surface area (Å²) in [6.45, 7) is 0. The second kappa shape index (κ2) is 9.46. The molecule has 4 N–H and O–H groups in total. The third kappa shape index (κ3) is 4.91. The highest BCUT2D eigenvalue weighted by atomic mass is 16.5. The second-order valence-corrected chi connectivity index (χ2v) is 8.65. The van der Waals surface area contributed by atoms with Crippen molar-refractivity contribution in [2.24, 2.45) is 5.73 Å². The number of aromatic nitrogens is 4. The first kappa shape index (κ1) is 21.2. The highest BCUT2D eigenvalue weighted by Gasteiger charge is 2.26. The first-order valence-electron chi connectivity index (χ1n) is 11.4. The Balaban J connectivity index is 1.41. The highest BCUT2D eigenvalue weighted by Crippen LogP contribution is 2.41. The SMILES string of the molecule is N#Cc1cnc(Nc2cc(-c3c(OC4CCC4)cccc3OC3CCC(N)CC3)[nH]n2)cn1. The zero-order chi connectivity index (χ0) is 22.6. The number of hydrogen-bond donors (Lipinski definition) is 3. The Hall–Kier alpha value is -3.64. The monoisotopic (exact) mass is 445 g/mol. The lowest BCUT2D eigenvalue weighted by atomic mass is 9.93. The van der Waals surface area contributed by atoms with Crippen LogP contribution >= 0.6 is 0 Å². The number of anilines is 2. The van der Waals surface area contributed by atoms with Crippen molar-refractivity contribution in [2.45, 2.75) is 63.2 Å². The first-order valence-corrected chi connectivity index (χ1v) is 11.4. The van der Waals surface area contributed by atoms with Crippen molar-refractivity contribution in [1.82, 2.24) is 20.2 Å². The molecule has 2 aromatic heterocycles. The molecular weight excluding hydrogens is 418 g/mol. The van der Waals surface area contributed by atoms with Gasteiger partial charge in [0, 0.05) is 12.1 Å². The van der Waals surface area contributed by atoms with Gasteiger partial charge in [-0.25, -0.2) is 9.97 Å². The number of H-pyrrole nitrogens is 1. The minimum Gasteiger partial charge on any atom is -0.490 e. The van der Waals surface area contributed by atoms with Gasteiger partial charge in [0.15, 0.2) is 11.5 Å². The van der Waals surface area contributed by atoms with Crippen molar-refractivity contribution >= 4 is 11.6 Å². The van der Waals surface area contributed by atoms with Crippen LogP contribution < -0.4 is 20.5 Å². The van der Waals surface area contributed by atoms with Crippen LogP contribution in [0.1, 0.15) is 50.6 Å². The molecule has 2 saturated carbocycles. The van der Waals surface area contributed by atoms with E-state index < -0.39 is 0 Å². The van der Waals surface area contributed by atoms with E-state index >= 15 is 0 Å².